The first-order valence-corrected chi connectivity index (χ1v) is 11.7. The van der Waals surface area contributed by atoms with Gasteiger partial charge in [0.25, 0.3) is 5.91 Å². The Morgan fingerprint density at radius 1 is 1.13 bits per heavy atom. The van der Waals surface area contributed by atoms with Gasteiger partial charge in [0.05, 0.1) is 22.6 Å². The van der Waals surface area contributed by atoms with Crippen LogP contribution in [0.4, 0.5) is 0 Å². The number of carbonyl (C=O) groups is 1. The fourth-order valence-electron chi connectivity index (χ4n) is 3.68. The van der Waals surface area contributed by atoms with Crippen LogP contribution in [0.5, 0.6) is 0 Å². The van der Waals surface area contributed by atoms with Gasteiger partial charge in [-0.05, 0) is 36.8 Å². The number of rotatable bonds is 8. The molecule has 0 saturated carbocycles. The number of aromatic amines is 1. The molecular weight excluding hydrogens is 416 g/mol. The highest BCUT2D eigenvalue weighted by Gasteiger charge is 2.50. The van der Waals surface area contributed by atoms with E-state index in [1.807, 2.05) is 43.3 Å². The van der Waals surface area contributed by atoms with Crippen LogP contribution >= 0.6 is 0 Å². The van der Waals surface area contributed by atoms with Crippen molar-refractivity contribution < 1.29 is 13.2 Å². The van der Waals surface area contributed by atoms with Crippen LogP contribution in [0.25, 0.3) is 11.4 Å². The summed E-state index contributed by atoms with van der Waals surface area (Å²) in [5, 5.41) is 9.82. The number of nitrogens with one attached hydrogen (secondary N) is 2. The molecular formula is C21H24N6O3S. The van der Waals surface area contributed by atoms with Crippen LogP contribution in [0.3, 0.4) is 0 Å². The number of nitrogens with zero attached hydrogens (tertiary/aromatic N) is 4. The maximum atomic E-state index is 12.7. The molecule has 31 heavy (non-hydrogen) atoms. The molecule has 9 nitrogen and oxygen atoms in total. The van der Waals surface area contributed by atoms with E-state index in [0.29, 0.717) is 23.5 Å². The van der Waals surface area contributed by atoms with E-state index in [-0.39, 0.29) is 31.3 Å². The Bertz CT molecular complexity index is 1140. The Morgan fingerprint density at radius 3 is 2.52 bits per heavy atom. The smallest absolute Gasteiger partial charge is 0.269 e. The van der Waals surface area contributed by atoms with Crippen LogP contribution in [-0.2, 0) is 15.4 Å². The highest BCUT2D eigenvalue weighted by atomic mass is 32.2. The van der Waals surface area contributed by atoms with Gasteiger partial charge in [-0.3, -0.25) is 19.9 Å². The molecule has 1 fully saturated rings. The van der Waals surface area contributed by atoms with Crippen LogP contribution in [0.1, 0.15) is 29.5 Å². The first-order chi connectivity index (χ1) is 14.9. The summed E-state index contributed by atoms with van der Waals surface area (Å²) >= 11 is 0. The third kappa shape index (κ3) is 4.35. The molecule has 2 N–H and O–H groups in total. The maximum absolute atomic E-state index is 12.7. The topological polar surface area (TPSA) is 121 Å². The summed E-state index contributed by atoms with van der Waals surface area (Å²) in [7, 11) is -3.30. The van der Waals surface area contributed by atoms with E-state index in [2.05, 4.69) is 25.5 Å². The lowest BCUT2D eigenvalue weighted by Gasteiger charge is -2.48. The Morgan fingerprint density at radius 2 is 1.87 bits per heavy atom. The molecule has 3 aromatic heterocycles. The Balaban J connectivity index is 1.48. The third-order valence-electron chi connectivity index (χ3n) is 5.36. The van der Waals surface area contributed by atoms with Gasteiger partial charge in [0, 0.05) is 32.0 Å². The van der Waals surface area contributed by atoms with Crippen LogP contribution in [0.2, 0.25) is 0 Å². The number of hydrogen-bond acceptors (Lipinski definition) is 6. The summed E-state index contributed by atoms with van der Waals surface area (Å²) in [5.41, 5.74) is 1.74. The average molecular weight is 441 g/mol. The molecule has 10 heteroatoms. The second-order valence-electron chi connectivity index (χ2n) is 7.64. The quantitative estimate of drug-likeness (QED) is 0.549. The van der Waals surface area contributed by atoms with Crippen LogP contribution in [-0.4, -0.2) is 64.2 Å². The number of aromatic nitrogens is 4. The van der Waals surface area contributed by atoms with E-state index in [0.717, 1.165) is 5.69 Å². The molecule has 0 bridgehead atoms. The second kappa shape index (κ2) is 8.56. The molecule has 0 radical (unpaired) electrons. The lowest BCUT2D eigenvalue weighted by Crippen LogP contribution is -2.65. The molecule has 162 valence electrons. The van der Waals surface area contributed by atoms with Crippen molar-refractivity contribution in [2.24, 2.45) is 0 Å². The zero-order valence-corrected chi connectivity index (χ0v) is 18.0. The highest BCUT2D eigenvalue weighted by molar-refractivity contribution is 7.89. The van der Waals surface area contributed by atoms with E-state index in [9.17, 15) is 13.2 Å². The van der Waals surface area contributed by atoms with E-state index in [4.69, 9.17) is 0 Å². The molecule has 4 rings (SSSR count). The molecule has 0 unspecified atom stereocenters. The zero-order valence-electron chi connectivity index (χ0n) is 17.2. The molecule has 0 atom stereocenters. The minimum atomic E-state index is -3.30. The molecule has 0 aliphatic carbocycles. The predicted molar refractivity (Wildman–Crippen MR) is 116 cm³/mol. The standard InChI is InChI=1S/C21H24N6O3S/c1-2-11-31(29,30)27-14-21(15-27,19-8-4-6-10-23-19)13-24-20(28)18-12-17(25-26-18)16-7-3-5-9-22-16/h3-10,12H,2,11,13-15H2,1H3,(H,24,28)(H,25,26). The number of amides is 1. The molecule has 0 spiro atoms. The van der Waals surface area contributed by atoms with E-state index in [1.165, 1.54) is 4.31 Å². The Kier molecular flexibility index (Phi) is 5.84. The first-order valence-electron chi connectivity index (χ1n) is 10.1. The number of carbonyl (C=O) groups excluding carboxylic acids is 1. The molecule has 3 aromatic rings. The van der Waals surface area contributed by atoms with E-state index >= 15 is 0 Å². The van der Waals surface area contributed by atoms with Crippen molar-refractivity contribution in [1.82, 2.24) is 29.8 Å². The van der Waals surface area contributed by atoms with Crippen molar-refractivity contribution in [3.8, 4) is 11.4 Å². The van der Waals surface area contributed by atoms with Crippen LogP contribution < -0.4 is 5.32 Å². The average Bonchev–Trinajstić information content (AvgIpc) is 3.24. The second-order valence-corrected chi connectivity index (χ2v) is 9.73. The Labute approximate surface area is 181 Å². The van der Waals surface area contributed by atoms with Gasteiger partial charge in [-0.15, -0.1) is 0 Å². The number of hydrogen-bond donors (Lipinski definition) is 2. The SMILES string of the molecule is CCCS(=O)(=O)N1CC(CNC(=O)c2cc(-c3ccccn3)n[nH]2)(c2ccccn2)C1. The van der Waals surface area contributed by atoms with Gasteiger partial charge in [-0.1, -0.05) is 19.1 Å². The van der Waals surface area contributed by atoms with Crippen molar-refractivity contribution in [3.63, 3.8) is 0 Å². The summed E-state index contributed by atoms with van der Waals surface area (Å²) in [6.45, 7) is 2.68. The fraction of sp³-hybridized carbons (Fsp3) is 0.333. The van der Waals surface area contributed by atoms with Gasteiger partial charge >= 0.3 is 0 Å². The molecule has 4 heterocycles. The molecule has 1 aliphatic rings. The summed E-state index contributed by atoms with van der Waals surface area (Å²) in [5.74, 6) is -0.206. The molecule has 1 aliphatic heterocycles. The molecule has 1 amide bonds. The van der Waals surface area contributed by atoms with Gasteiger partial charge in [0.1, 0.15) is 11.4 Å². The van der Waals surface area contributed by atoms with Crippen molar-refractivity contribution in [2.45, 2.75) is 18.8 Å². The van der Waals surface area contributed by atoms with Crippen molar-refractivity contribution in [2.75, 3.05) is 25.4 Å². The minimum absolute atomic E-state index is 0.113. The largest absolute Gasteiger partial charge is 0.350 e. The number of pyridine rings is 2. The molecule has 0 aromatic carbocycles. The van der Waals surface area contributed by atoms with Gasteiger partial charge < -0.3 is 5.32 Å². The van der Waals surface area contributed by atoms with Crippen LogP contribution in [0.15, 0.2) is 54.9 Å². The summed E-state index contributed by atoms with van der Waals surface area (Å²) in [4.78, 5) is 21.4. The number of sulfonamides is 1. The number of H-pyrrole nitrogens is 1. The van der Waals surface area contributed by atoms with Gasteiger partial charge in [0.15, 0.2) is 0 Å². The lowest BCUT2D eigenvalue weighted by molar-refractivity contribution is 0.0895. The summed E-state index contributed by atoms with van der Waals surface area (Å²) < 4.78 is 26.3. The predicted octanol–water partition coefficient (Wildman–Crippen LogP) is 1.59. The normalized spacial score (nSPS) is 15.9. The highest BCUT2D eigenvalue weighted by Crippen LogP contribution is 2.35. The molecule has 1 saturated heterocycles. The first kappa shape index (κ1) is 21.1. The lowest BCUT2D eigenvalue weighted by atomic mass is 9.78. The van der Waals surface area contributed by atoms with Crippen LogP contribution in [0, 0.1) is 0 Å². The van der Waals surface area contributed by atoms with Crippen molar-refractivity contribution in [3.05, 3.63) is 66.2 Å². The van der Waals surface area contributed by atoms with Gasteiger partial charge in [0.2, 0.25) is 10.0 Å². The maximum Gasteiger partial charge on any atom is 0.269 e. The Hall–Kier alpha value is -3.11. The minimum Gasteiger partial charge on any atom is -0.350 e. The van der Waals surface area contributed by atoms with Crippen molar-refractivity contribution >= 4 is 15.9 Å². The zero-order chi connectivity index (χ0) is 21.9. The van der Waals surface area contributed by atoms with Gasteiger partial charge in [-0.25, -0.2) is 8.42 Å². The summed E-state index contributed by atoms with van der Waals surface area (Å²) in [6, 6.07) is 12.7. The van der Waals surface area contributed by atoms with Crippen molar-refractivity contribution in [1.29, 1.82) is 0 Å². The monoisotopic (exact) mass is 440 g/mol. The third-order valence-corrected chi connectivity index (χ3v) is 7.33. The van der Waals surface area contributed by atoms with Gasteiger partial charge in [-0.2, -0.15) is 9.40 Å². The van der Waals surface area contributed by atoms with E-state index < -0.39 is 15.4 Å². The summed E-state index contributed by atoms with van der Waals surface area (Å²) in [6.07, 6.45) is 3.90. The fourth-order valence-corrected chi connectivity index (χ4v) is 5.34. The van der Waals surface area contributed by atoms with E-state index in [1.54, 1.807) is 18.5 Å².